The number of sulfone groups is 1. The van der Waals surface area contributed by atoms with Crippen LogP contribution in [0.15, 0.2) is 35.5 Å². The van der Waals surface area contributed by atoms with Crippen LogP contribution >= 0.6 is 11.6 Å². The largest absolute Gasteiger partial charge is 0.356 e. The molecular formula is C18H17ClF2N4O2S. The molecule has 28 heavy (non-hydrogen) atoms. The smallest absolute Gasteiger partial charge is 0.194 e. The summed E-state index contributed by atoms with van der Waals surface area (Å²) in [4.78, 5) is 11.1. The van der Waals surface area contributed by atoms with Crippen LogP contribution in [0, 0.1) is 25.5 Å². The zero-order chi connectivity index (χ0) is 20.6. The van der Waals surface area contributed by atoms with E-state index in [4.69, 9.17) is 11.6 Å². The van der Waals surface area contributed by atoms with Crippen molar-refractivity contribution in [3.63, 3.8) is 0 Å². The topological polar surface area (TPSA) is 87.7 Å². The Labute approximate surface area is 165 Å². The molecule has 0 aliphatic carbocycles. The molecule has 0 bridgehead atoms. The fourth-order valence-electron chi connectivity index (χ4n) is 2.73. The summed E-state index contributed by atoms with van der Waals surface area (Å²) in [6, 6.07) is 4.87. The number of hydrogen-bond donors (Lipinski definition) is 2. The lowest BCUT2D eigenvalue weighted by molar-refractivity contribution is 0.597. The third-order valence-corrected chi connectivity index (χ3v) is 5.49. The van der Waals surface area contributed by atoms with E-state index in [-0.39, 0.29) is 15.9 Å². The van der Waals surface area contributed by atoms with Crippen LogP contribution in [0.3, 0.4) is 0 Å². The summed E-state index contributed by atoms with van der Waals surface area (Å²) in [5.41, 5.74) is 1.26. The van der Waals surface area contributed by atoms with Gasteiger partial charge in [0.1, 0.15) is 29.3 Å². The molecule has 2 aromatic heterocycles. The van der Waals surface area contributed by atoms with Crippen molar-refractivity contribution in [2.24, 2.45) is 0 Å². The number of nitrogens with one attached hydrogen (secondary N) is 2. The molecule has 0 aliphatic rings. The number of imidazole rings is 1. The molecule has 1 aromatic carbocycles. The van der Waals surface area contributed by atoms with Crippen molar-refractivity contribution in [2.45, 2.75) is 24.9 Å². The number of nitrogens with zero attached hydrogens (tertiary/aromatic N) is 2. The number of aryl methyl sites for hydroxylation is 2. The van der Waals surface area contributed by atoms with Gasteiger partial charge in [0.05, 0.1) is 16.9 Å². The van der Waals surface area contributed by atoms with E-state index in [0.29, 0.717) is 22.6 Å². The molecule has 6 nitrogen and oxygen atoms in total. The Morgan fingerprint density at radius 2 is 1.89 bits per heavy atom. The second-order valence-corrected chi connectivity index (χ2v) is 8.73. The van der Waals surface area contributed by atoms with Crippen molar-refractivity contribution in [3.8, 4) is 0 Å². The fourth-order valence-corrected chi connectivity index (χ4v) is 3.79. The van der Waals surface area contributed by atoms with Crippen molar-refractivity contribution in [2.75, 3.05) is 11.6 Å². The van der Waals surface area contributed by atoms with Crippen LogP contribution in [0.25, 0.3) is 0 Å². The van der Waals surface area contributed by atoms with Gasteiger partial charge in [0.25, 0.3) is 0 Å². The van der Waals surface area contributed by atoms with E-state index in [9.17, 15) is 17.2 Å². The monoisotopic (exact) mass is 426 g/mol. The van der Waals surface area contributed by atoms with Crippen molar-refractivity contribution in [1.29, 1.82) is 0 Å². The number of benzene rings is 1. The van der Waals surface area contributed by atoms with Gasteiger partial charge in [-0.15, -0.1) is 0 Å². The van der Waals surface area contributed by atoms with Crippen LogP contribution in [0.2, 0.25) is 5.02 Å². The summed E-state index contributed by atoms with van der Waals surface area (Å²) < 4.78 is 51.0. The van der Waals surface area contributed by atoms with E-state index in [1.807, 2.05) is 0 Å². The predicted octanol–water partition coefficient (Wildman–Crippen LogP) is 3.96. The van der Waals surface area contributed by atoms with Gasteiger partial charge in [0, 0.05) is 6.26 Å². The summed E-state index contributed by atoms with van der Waals surface area (Å²) in [5.74, 6) is -0.448. The zero-order valence-electron chi connectivity index (χ0n) is 15.2. The fraction of sp³-hybridized carbons (Fsp3) is 0.222. The molecule has 148 valence electrons. The summed E-state index contributed by atoms with van der Waals surface area (Å²) in [7, 11) is -3.55. The SMILES string of the molecule is Cc1cc(N[C@@H](c2ccc(F)c(Cl)c2)c2nc(S(C)(=O)=O)c(C)[nH]2)ncc1F. The molecule has 0 saturated carbocycles. The molecule has 2 N–H and O–H groups in total. The zero-order valence-corrected chi connectivity index (χ0v) is 16.8. The molecule has 0 aliphatic heterocycles. The Morgan fingerprint density at radius 1 is 1.18 bits per heavy atom. The van der Waals surface area contributed by atoms with Gasteiger partial charge in [-0.25, -0.2) is 27.2 Å². The maximum Gasteiger partial charge on any atom is 0.194 e. The molecule has 2 heterocycles. The number of H-pyrrole nitrogens is 1. The number of rotatable bonds is 5. The normalized spacial score (nSPS) is 12.8. The molecule has 1 atom stereocenters. The molecule has 3 rings (SSSR count). The van der Waals surface area contributed by atoms with Gasteiger partial charge in [-0.2, -0.15) is 0 Å². The van der Waals surface area contributed by atoms with Crippen LogP contribution in [0.5, 0.6) is 0 Å². The Bertz CT molecular complexity index is 1150. The minimum Gasteiger partial charge on any atom is -0.356 e. The molecular weight excluding hydrogens is 410 g/mol. The highest BCUT2D eigenvalue weighted by Gasteiger charge is 2.24. The molecule has 3 aromatic rings. The predicted molar refractivity (Wildman–Crippen MR) is 102 cm³/mol. The summed E-state index contributed by atoms with van der Waals surface area (Å²) in [5, 5.41) is 2.88. The first-order valence-corrected chi connectivity index (χ1v) is 10.4. The second-order valence-electron chi connectivity index (χ2n) is 6.39. The number of hydrogen-bond acceptors (Lipinski definition) is 5. The average molecular weight is 427 g/mol. The lowest BCUT2D eigenvalue weighted by Crippen LogP contribution is -2.15. The maximum atomic E-state index is 13.6. The highest BCUT2D eigenvalue weighted by atomic mass is 35.5. The number of aromatic nitrogens is 3. The number of pyridine rings is 1. The standard InChI is InChI=1S/C18H17ClF2N4O2S/c1-9-6-15(22-8-14(9)21)24-16(11-4-5-13(20)12(19)7-11)17-23-10(2)18(25-17)28(3,26)27/h4-8,16H,1-3H3,(H,22,24)(H,23,25)/t16-/m0/s1. The second kappa shape index (κ2) is 7.48. The van der Waals surface area contributed by atoms with Gasteiger partial charge in [-0.3, -0.25) is 0 Å². The first-order chi connectivity index (χ1) is 13.1. The molecule has 0 radical (unpaired) electrons. The minimum absolute atomic E-state index is 0.0919. The van der Waals surface area contributed by atoms with E-state index in [2.05, 4.69) is 20.3 Å². The van der Waals surface area contributed by atoms with Gasteiger partial charge in [0.2, 0.25) is 0 Å². The highest BCUT2D eigenvalue weighted by Crippen LogP contribution is 2.29. The lowest BCUT2D eigenvalue weighted by Gasteiger charge is -2.18. The first kappa shape index (κ1) is 20.2. The summed E-state index contributed by atoms with van der Waals surface area (Å²) in [6.45, 7) is 3.17. The Kier molecular flexibility index (Phi) is 5.40. The lowest BCUT2D eigenvalue weighted by atomic mass is 10.1. The Hall–Kier alpha value is -2.52. The van der Waals surface area contributed by atoms with E-state index >= 15 is 0 Å². The van der Waals surface area contributed by atoms with Gasteiger partial charge in [0.15, 0.2) is 14.9 Å². The third-order valence-electron chi connectivity index (χ3n) is 4.10. The quantitative estimate of drug-likeness (QED) is 0.644. The molecule has 10 heteroatoms. The van der Waals surface area contributed by atoms with Gasteiger partial charge in [-0.1, -0.05) is 17.7 Å². The van der Waals surface area contributed by atoms with Crippen molar-refractivity contribution in [1.82, 2.24) is 15.0 Å². The van der Waals surface area contributed by atoms with Crippen molar-refractivity contribution < 1.29 is 17.2 Å². The third kappa shape index (κ3) is 4.15. The highest BCUT2D eigenvalue weighted by molar-refractivity contribution is 7.90. The Balaban J connectivity index is 2.11. The van der Waals surface area contributed by atoms with Crippen LogP contribution in [0.4, 0.5) is 14.6 Å². The van der Waals surface area contributed by atoms with E-state index in [1.165, 1.54) is 24.3 Å². The summed E-state index contributed by atoms with van der Waals surface area (Å²) in [6.07, 6.45) is 2.13. The van der Waals surface area contributed by atoms with Gasteiger partial charge in [-0.05, 0) is 43.2 Å². The average Bonchev–Trinajstić information content (AvgIpc) is 3.00. The maximum absolute atomic E-state index is 13.6. The van der Waals surface area contributed by atoms with Crippen LogP contribution in [-0.2, 0) is 9.84 Å². The van der Waals surface area contributed by atoms with Crippen LogP contribution < -0.4 is 5.32 Å². The molecule has 0 unspecified atom stereocenters. The van der Waals surface area contributed by atoms with Gasteiger partial charge < -0.3 is 10.3 Å². The first-order valence-electron chi connectivity index (χ1n) is 8.16. The number of anilines is 1. The minimum atomic E-state index is -3.55. The molecule has 0 spiro atoms. The van der Waals surface area contributed by atoms with Crippen LogP contribution in [0.1, 0.15) is 28.7 Å². The van der Waals surface area contributed by atoms with E-state index in [1.54, 1.807) is 13.8 Å². The Morgan fingerprint density at radius 3 is 2.46 bits per heavy atom. The number of aromatic amines is 1. The summed E-state index contributed by atoms with van der Waals surface area (Å²) >= 11 is 5.91. The molecule has 0 amide bonds. The van der Waals surface area contributed by atoms with Crippen LogP contribution in [-0.4, -0.2) is 29.6 Å². The van der Waals surface area contributed by atoms with E-state index < -0.39 is 27.5 Å². The van der Waals surface area contributed by atoms with E-state index in [0.717, 1.165) is 12.5 Å². The molecule has 0 saturated heterocycles. The van der Waals surface area contributed by atoms with Crippen molar-refractivity contribution >= 4 is 27.3 Å². The van der Waals surface area contributed by atoms with Crippen molar-refractivity contribution in [3.05, 3.63) is 69.8 Å². The van der Waals surface area contributed by atoms with Gasteiger partial charge >= 0.3 is 0 Å². The number of halogens is 3. The molecule has 0 fully saturated rings.